The van der Waals surface area contributed by atoms with Crippen LogP contribution in [0.4, 0.5) is 5.69 Å². The van der Waals surface area contributed by atoms with Crippen LogP contribution in [0, 0.1) is 0 Å². The predicted molar refractivity (Wildman–Crippen MR) is 121 cm³/mol. The number of nitrogens with one attached hydrogen (secondary N) is 1. The number of carbonyl (C=O) groups excluding carboxylic acids is 3. The Morgan fingerprint density at radius 1 is 0.875 bits per heavy atom. The third-order valence-corrected chi connectivity index (χ3v) is 4.67. The fourth-order valence-corrected chi connectivity index (χ4v) is 3.09. The molecule has 7 heteroatoms. The molecule has 164 valence electrons. The van der Waals surface area contributed by atoms with E-state index >= 15 is 0 Å². The molecule has 7 nitrogen and oxygen atoms in total. The molecule has 3 rings (SSSR count). The van der Waals surface area contributed by atoms with E-state index in [4.69, 9.17) is 9.47 Å². The summed E-state index contributed by atoms with van der Waals surface area (Å²) >= 11 is 0. The van der Waals surface area contributed by atoms with Crippen molar-refractivity contribution in [3.8, 4) is 5.75 Å². The maximum atomic E-state index is 12.9. The minimum atomic E-state index is -0.747. The molecule has 0 aromatic heterocycles. The molecule has 0 bridgehead atoms. The third-order valence-electron chi connectivity index (χ3n) is 4.67. The van der Waals surface area contributed by atoms with Gasteiger partial charge in [0.2, 0.25) is 0 Å². The summed E-state index contributed by atoms with van der Waals surface area (Å²) < 4.78 is 10.3. The molecule has 3 aromatic carbocycles. The molecule has 0 heterocycles. The van der Waals surface area contributed by atoms with Crippen LogP contribution in [0.5, 0.6) is 5.75 Å². The van der Waals surface area contributed by atoms with E-state index in [1.807, 2.05) is 30.3 Å². The number of ether oxygens (including phenoxy) is 2. The van der Waals surface area contributed by atoms with Crippen molar-refractivity contribution in [3.63, 3.8) is 0 Å². The van der Waals surface area contributed by atoms with Crippen LogP contribution in [0.15, 0.2) is 78.9 Å². The summed E-state index contributed by atoms with van der Waals surface area (Å²) in [5, 5.41) is 2.64. The van der Waals surface area contributed by atoms with Gasteiger partial charge in [-0.25, -0.2) is 4.79 Å². The molecule has 0 unspecified atom stereocenters. The lowest BCUT2D eigenvalue weighted by Crippen LogP contribution is -2.28. The summed E-state index contributed by atoms with van der Waals surface area (Å²) in [6, 6.07) is 22.8. The second kappa shape index (κ2) is 10.8. The first-order valence-corrected chi connectivity index (χ1v) is 9.97. The van der Waals surface area contributed by atoms with E-state index in [0.29, 0.717) is 18.0 Å². The smallest absolute Gasteiger partial charge is 0.339 e. The normalized spacial score (nSPS) is 10.2. The maximum absolute atomic E-state index is 12.9. The number of esters is 1. The van der Waals surface area contributed by atoms with Crippen molar-refractivity contribution in [3.05, 3.63) is 95.6 Å². The summed E-state index contributed by atoms with van der Waals surface area (Å²) in [4.78, 5) is 39.3. The number of nitrogens with zero attached hydrogens (tertiary/aromatic N) is 1. The van der Waals surface area contributed by atoms with Crippen LogP contribution in [0.1, 0.15) is 26.3 Å². The summed E-state index contributed by atoms with van der Waals surface area (Å²) in [6.07, 6.45) is 0. The van der Waals surface area contributed by atoms with Gasteiger partial charge in [-0.2, -0.15) is 0 Å². The molecule has 0 atom stereocenters. The van der Waals surface area contributed by atoms with Gasteiger partial charge in [0.05, 0.1) is 18.2 Å². The van der Waals surface area contributed by atoms with Crippen molar-refractivity contribution in [2.45, 2.75) is 6.54 Å². The standard InChI is InChI=1S/C25H24N2O5/c1-27(16-18-9-4-3-5-10-18)24(29)21-13-6-7-14-22(21)25(30)32-17-23(28)26-19-11-8-12-20(15-19)31-2/h3-15H,16-17H2,1-2H3,(H,26,28). The van der Waals surface area contributed by atoms with Gasteiger partial charge in [-0.15, -0.1) is 0 Å². The van der Waals surface area contributed by atoms with Crippen molar-refractivity contribution in [1.29, 1.82) is 0 Å². The number of benzene rings is 3. The van der Waals surface area contributed by atoms with Crippen LogP contribution < -0.4 is 10.1 Å². The maximum Gasteiger partial charge on any atom is 0.339 e. The largest absolute Gasteiger partial charge is 0.497 e. The van der Waals surface area contributed by atoms with Gasteiger partial charge in [-0.3, -0.25) is 9.59 Å². The van der Waals surface area contributed by atoms with Crippen LogP contribution in [0.2, 0.25) is 0 Å². The molecule has 2 amide bonds. The highest BCUT2D eigenvalue weighted by Crippen LogP contribution is 2.17. The summed E-state index contributed by atoms with van der Waals surface area (Å²) in [5.41, 5.74) is 1.80. The van der Waals surface area contributed by atoms with Crippen molar-refractivity contribution in [1.82, 2.24) is 4.90 Å². The molecule has 0 radical (unpaired) electrons. The Bertz CT molecular complexity index is 1100. The lowest BCUT2D eigenvalue weighted by atomic mass is 10.1. The third kappa shape index (κ3) is 5.95. The second-order valence-electron chi connectivity index (χ2n) is 7.05. The highest BCUT2D eigenvalue weighted by molar-refractivity contribution is 6.06. The topological polar surface area (TPSA) is 84.9 Å². The van der Waals surface area contributed by atoms with E-state index in [1.165, 1.54) is 18.1 Å². The minimum Gasteiger partial charge on any atom is -0.497 e. The van der Waals surface area contributed by atoms with Crippen LogP contribution in [-0.2, 0) is 16.1 Å². The molecular formula is C25H24N2O5. The molecule has 0 aliphatic rings. The van der Waals surface area contributed by atoms with Crippen molar-refractivity contribution < 1.29 is 23.9 Å². The van der Waals surface area contributed by atoms with Crippen LogP contribution in [0.25, 0.3) is 0 Å². The first kappa shape index (κ1) is 22.6. The van der Waals surface area contributed by atoms with Gasteiger partial charge >= 0.3 is 5.97 Å². The van der Waals surface area contributed by atoms with Gasteiger partial charge in [0.25, 0.3) is 11.8 Å². The van der Waals surface area contributed by atoms with Gasteiger partial charge < -0.3 is 19.7 Å². The Hall–Kier alpha value is -4.13. The zero-order chi connectivity index (χ0) is 22.9. The molecule has 0 saturated heterocycles. The van der Waals surface area contributed by atoms with E-state index in [0.717, 1.165) is 5.56 Å². The van der Waals surface area contributed by atoms with Gasteiger partial charge in [-0.1, -0.05) is 48.5 Å². The Labute approximate surface area is 186 Å². The lowest BCUT2D eigenvalue weighted by molar-refractivity contribution is -0.119. The van der Waals surface area contributed by atoms with Crippen molar-refractivity contribution in [2.75, 3.05) is 26.1 Å². The molecule has 32 heavy (non-hydrogen) atoms. The first-order valence-electron chi connectivity index (χ1n) is 9.97. The molecule has 1 N–H and O–H groups in total. The Balaban J connectivity index is 1.63. The molecule has 0 aliphatic heterocycles. The van der Waals surface area contributed by atoms with E-state index in [9.17, 15) is 14.4 Å². The summed E-state index contributed by atoms with van der Waals surface area (Å²) in [6.45, 7) is -0.0928. The van der Waals surface area contributed by atoms with Gasteiger partial charge in [0, 0.05) is 25.3 Å². The second-order valence-corrected chi connectivity index (χ2v) is 7.05. The monoisotopic (exact) mass is 432 g/mol. The number of hydrogen-bond acceptors (Lipinski definition) is 5. The highest BCUT2D eigenvalue weighted by Gasteiger charge is 2.21. The SMILES string of the molecule is COc1cccc(NC(=O)COC(=O)c2ccccc2C(=O)N(C)Cc2ccccc2)c1. The zero-order valence-corrected chi connectivity index (χ0v) is 17.9. The zero-order valence-electron chi connectivity index (χ0n) is 17.9. The number of amides is 2. The molecule has 0 spiro atoms. The van der Waals surface area contributed by atoms with E-state index in [-0.39, 0.29) is 17.0 Å². The minimum absolute atomic E-state index is 0.103. The van der Waals surface area contributed by atoms with Crippen molar-refractivity contribution >= 4 is 23.5 Å². The average molecular weight is 432 g/mol. The number of anilines is 1. The lowest BCUT2D eigenvalue weighted by Gasteiger charge is -2.19. The molecule has 0 aliphatic carbocycles. The van der Waals surface area contributed by atoms with E-state index in [2.05, 4.69) is 5.32 Å². The van der Waals surface area contributed by atoms with Crippen LogP contribution in [0.3, 0.4) is 0 Å². The van der Waals surface area contributed by atoms with Gasteiger partial charge in [0.15, 0.2) is 6.61 Å². The van der Waals surface area contributed by atoms with Gasteiger partial charge in [0.1, 0.15) is 5.75 Å². The summed E-state index contributed by atoms with van der Waals surface area (Å²) in [5.74, 6) is -0.978. The molecule has 3 aromatic rings. The highest BCUT2D eigenvalue weighted by atomic mass is 16.5. The van der Waals surface area contributed by atoms with E-state index in [1.54, 1.807) is 49.5 Å². The van der Waals surface area contributed by atoms with Crippen LogP contribution >= 0.6 is 0 Å². The Kier molecular flexibility index (Phi) is 7.59. The average Bonchev–Trinajstić information content (AvgIpc) is 2.82. The predicted octanol–water partition coefficient (Wildman–Crippen LogP) is 3.76. The van der Waals surface area contributed by atoms with E-state index < -0.39 is 18.5 Å². The fraction of sp³-hybridized carbons (Fsp3) is 0.160. The number of rotatable bonds is 8. The quantitative estimate of drug-likeness (QED) is 0.548. The van der Waals surface area contributed by atoms with Gasteiger partial charge in [-0.05, 0) is 29.8 Å². The number of hydrogen-bond donors (Lipinski definition) is 1. The fourth-order valence-electron chi connectivity index (χ4n) is 3.09. The number of carbonyl (C=O) groups is 3. The first-order chi connectivity index (χ1) is 15.5. The molecule has 0 fully saturated rings. The molecular weight excluding hydrogens is 408 g/mol. The number of methoxy groups -OCH3 is 1. The Morgan fingerprint density at radius 3 is 2.28 bits per heavy atom. The van der Waals surface area contributed by atoms with Crippen LogP contribution in [-0.4, -0.2) is 43.4 Å². The Morgan fingerprint density at radius 2 is 1.56 bits per heavy atom. The van der Waals surface area contributed by atoms with Crippen molar-refractivity contribution in [2.24, 2.45) is 0 Å². The molecule has 0 saturated carbocycles. The summed E-state index contributed by atoms with van der Waals surface area (Å²) in [7, 11) is 3.19.